The molecule has 0 aliphatic carbocycles. The number of amides is 1. The quantitative estimate of drug-likeness (QED) is 0.596. The Morgan fingerprint density at radius 3 is 2.52 bits per heavy atom. The number of rotatable bonds is 7. The molecule has 1 atom stereocenters. The van der Waals surface area contributed by atoms with Crippen LogP contribution in [0.3, 0.4) is 0 Å². The van der Waals surface area contributed by atoms with Gasteiger partial charge in [0, 0.05) is 12.5 Å². The van der Waals surface area contributed by atoms with E-state index in [1.165, 1.54) is 6.07 Å². The zero-order chi connectivity index (χ0) is 16.0. The van der Waals surface area contributed by atoms with Gasteiger partial charge in [-0.1, -0.05) is 6.92 Å². The summed E-state index contributed by atoms with van der Waals surface area (Å²) in [6.07, 6.45) is 1.93. The molecule has 6 heteroatoms. The molecule has 0 aliphatic rings. The summed E-state index contributed by atoms with van der Waals surface area (Å²) in [7, 11) is 0. The van der Waals surface area contributed by atoms with Gasteiger partial charge in [0.25, 0.3) is 5.69 Å². The maximum Gasteiger partial charge on any atom is 0.293 e. The number of carbonyl (C=O) groups is 1. The molecule has 1 unspecified atom stereocenters. The fraction of sp³-hybridized carbons (Fsp3) is 0.533. The predicted molar refractivity (Wildman–Crippen MR) is 83.3 cm³/mol. The lowest BCUT2D eigenvalue weighted by molar-refractivity contribution is -0.384. The molecule has 0 heterocycles. The molecule has 0 spiro atoms. The molecule has 1 aromatic carbocycles. The van der Waals surface area contributed by atoms with Crippen molar-refractivity contribution in [3.63, 3.8) is 0 Å². The van der Waals surface area contributed by atoms with Crippen molar-refractivity contribution in [2.75, 3.05) is 11.9 Å². The molecule has 3 N–H and O–H groups in total. The normalized spacial score (nSPS) is 12.0. The van der Waals surface area contributed by atoms with Crippen LogP contribution in [0.1, 0.15) is 37.3 Å². The van der Waals surface area contributed by atoms with Gasteiger partial charge in [-0.3, -0.25) is 14.9 Å². The van der Waals surface area contributed by atoms with E-state index >= 15 is 0 Å². The molecule has 1 rings (SSSR count). The van der Waals surface area contributed by atoms with Gasteiger partial charge in [0.05, 0.1) is 4.92 Å². The lowest BCUT2D eigenvalue weighted by Gasteiger charge is -2.11. The minimum atomic E-state index is -0.473. The van der Waals surface area contributed by atoms with E-state index in [1.807, 2.05) is 20.8 Å². The second-order valence-corrected chi connectivity index (χ2v) is 5.48. The van der Waals surface area contributed by atoms with E-state index in [4.69, 9.17) is 5.73 Å². The summed E-state index contributed by atoms with van der Waals surface area (Å²) < 4.78 is 0. The number of hydrogen-bond donors (Lipinski definition) is 2. The number of hydrogen-bond acceptors (Lipinski definition) is 4. The van der Waals surface area contributed by atoms with E-state index in [0.29, 0.717) is 18.9 Å². The molecule has 6 nitrogen and oxygen atoms in total. The summed E-state index contributed by atoms with van der Waals surface area (Å²) in [5, 5.41) is 13.7. The Bertz CT molecular complexity index is 529. The maximum atomic E-state index is 11.9. The van der Waals surface area contributed by atoms with Crippen LogP contribution < -0.4 is 11.1 Å². The summed E-state index contributed by atoms with van der Waals surface area (Å²) in [6, 6.07) is 3.14. The highest BCUT2D eigenvalue weighted by atomic mass is 16.6. The Morgan fingerprint density at radius 2 is 1.95 bits per heavy atom. The zero-order valence-corrected chi connectivity index (χ0v) is 12.8. The minimum absolute atomic E-state index is 0.0681. The van der Waals surface area contributed by atoms with Crippen molar-refractivity contribution in [3.8, 4) is 0 Å². The summed E-state index contributed by atoms with van der Waals surface area (Å²) in [4.78, 5) is 22.5. The van der Waals surface area contributed by atoms with E-state index in [9.17, 15) is 14.9 Å². The highest BCUT2D eigenvalue weighted by molar-refractivity contribution is 5.93. The summed E-state index contributed by atoms with van der Waals surface area (Å²) in [6.45, 7) is 6.31. The third-order valence-electron chi connectivity index (χ3n) is 3.61. The Labute approximate surface area is 124 Å². The molecule has 0 radical (unpaired) electrons. The number of nitrogens with zero attached hydrogens (tertiary/aromatic N) is 1. The number of nitrogens with one attached hydrogen (secondary N) is 1. The number of anilines is 1. The Morgan fingerprint density at radius 1 is 1.33 bits per heavy atom. The van der Waals surface area contributed by atoms with Crippen LogP contribution in [0.25, 0.3) is 0 Å². The van der Waals surface area contributed by atoms with E-state index in [2.05, 4.69) is 5.32 Å². The number of nitro benzene ring substituents is 1. The molecule has 21 heavy (non-hydrogen) atoms. The first-order valence-electron chi connectivity index (χ1n) is 7.10. The molecule has 1 amide bonds. The van der Waals surface area contributed by atoms with Crippen LogP contribution in [0, 0.1) is 29.9 Å². The van der Waals surface area contributed by atoms with Gasteiger partial charge < -0.3 is 11.1 Å². The first-order chi connectivity index (χ1) is 9.85. The summed E-state index contributed by atoms with van der Waals surface area (Å²) in [5.74, 6) is 0.167. The Hall–Kier alpha value is -1.95. The van der Waals surface area contributed by atoms with E-state index in [1.54, 1.807) is 6.07 Å². The number of benzene rings is 1. The third-order valence-corrected chi connectivity index (χ3v) is 3.61. The second kappa shape index (κ2) is 7.73. The standard InChI is InChI=1S/C15H23N3O3/c1-10(6-7-16)4-5-15(19)17-13-8-11(2)12(3)9-14(13)18(20)21/h8-10H,4-7,16H2,1-3H3,(H,17,19). The second-order valence-electron chi connectivity index (χ2n) is 5.48. The van der Waals surface area contributed by atoms with E-state index in [0.717, 1.165) is 24.0 Å². The van der Waals surface area contributed by atoms with Gasteiger partial charge in [-0.2, -0.15) is 0 Å². The van der Waals surface area contributed by atoms with Crippen molar-refractivity contribution < 1.29 is 9.72 Å². The van der Waals surface area contributed by atoms with E-state index < -0.39 is 4.92 Å². The van der Waals surface area contributed by atoms with Crippen LogP contribution in [-0.4, -0.2) is 17.4 Å². The smallest absolute Gasteiger partial charge is 0.293 e. The van der Waals surface area contributed by atoms with Crippen LogP contribution in [0.5, 0.6) is 0 Å². The van der Waals surface area contributed by atoms with Crippen LogP contribution in [0.2, 0.25) is 0 Å². The van der Waals surface area contributed by atoms with Gasteiger partial charge in [0.15, 0.2) is 0 Å². The van der Waals surface area contributed by atoms with Crippen molar-refractivity contribution in [3.05, 3.63) is 33.4 Å². The van der Waals surface area contributed by atoms with Gasteiger partial charge in [0.1, 0.15) is 5.69 Å². The van der Waals surface area contributed by atoms with Gasteiger partial charge in [-0.25, -0.2) is 0 Å². The zero-order valence-electron chi connectivity index (χ0n) is 12.8. The highest BCUT2D eigenvalue weighted by Crippen LogP contribution is 2.28. The minimum Gasteiger partial charge on any atom is -0.330 e. The van der Waals surface area contributed by atoms with Crippen molar-refractivity contribution >= 4 is 17.3 Å². The number of nitro groups is 1. The third kappa shape index (κ3) is 5.15. The SMILES string of the molecule is Cc1cc(NC(=O)CCC(C)CCN)c([N+](=O)[O-])cc1C. The summed E-state index contributed by atoms with van der Waals surface area (Å²) >= 11 is 0. The number of nitrogens with two attached hydrogens (primary N) is 1. The lowest BCUT2D eigenvalue weighted by Crippen LogP contribution is -2.15. The van der Waals surface area contributed by atoms with Crippen molar-refractivity contribution in [1.82, 2.24) is 0 Å². The maximum absolute atomic E-state index is 11.9. The van der Waals surface area contributed by atoms with Crippen molar-refractivity contribution in [2.24, 2.45) is 11.7 Å². The Balaban J connectivity index is 2.76. The lowest BCUT2D eigenvalue weighted by atomic mass is 10.0. The highest BCUT2D eigenvalue weighted by Gasteiger charge is 2.17. The van der Waals surface area contributed by atoms with Crippen LogP contribution in [-0.2, 0) is 4.79 Å². The average molecular weight is 293 g/mol. The molecule has 0 aliphatic heterocycles. The first kappa shape index (κ1) is 17.1. The van der Waals surface area contributed by atoms with Crippen LogP contribution >= 0.6 is 0 Å². The van der Waals surface area contributed by atoms with Crippen molar-refractivity contribution in [2.45, 2.75) is 40.0 Å². The molecular formula is C15H23N3O3. The van der Waals surface area contributed by atoms with Crippen molar-refractivity contribution in [1.29, 1.82) is 0 Å². The molecule has 0 bridgehead atoms. The molecule has 0 saturated heterocycles. The first-order valence-corrected chi connectivity index (χ1v) is 7.10. The molecule has 0 fully saturated rings. The molecule has 1 aromatic rings. The molecular weight excluding hydrogens is 270 g/mol. The average Bonchev–Trinajstić information content (AvgIpc) is 2.40. The largest absolute Gasteiger partial charge is 0.330 e. The number of aryl methyl sites for hydroxylation is 2. The molecule has 0 aromatic heterocycles. The van der Waals surface area contributed by atoms with Gasteiger partial charge in [0.2, 0.25) is 5.91 Å². The molecule has 0 saturated carbocycles. The number of carbonyl (C=O) groups excluding carboxylic acids is 1. The van der Waals surface area contributed by atoms with Gasteiger partial charge in [-0.05, 0) is 56.3 Å². The summed E-state index contributed by atoms with van der Waals surface area (Å²) in [5.41, 5.74) is 7.40. The topological polar surface area (TPSA) is 98.3 Å². The van der Waals surface area contributed by atoms with Gasteiger partial charge >= 0.3 is 0 Å². The van der Waals surface area contributed by atoms with E-state index in [-0.39, 0.29) is 17.3 Å². The molecule has 116 valence electrons. The fourth-order valence-corrected chi connectivity index (χ4v) is 2.07. The van der Waals surface area contributed by atoms with Crippen LogP contribution in [0.4, 0.5) is 11.4 Å². The predicted octanol–water partition coefficient (Wildman–Crippen LogP) is 2.92. The monoisotopic (exact) mass is 293 g/mol. The fourth-order valence-electron chi connectivity index (χ4n) is 2.07. The Kier molecular flexibility index (Phi) is 6.30. The van der Waals surface area contributed by atoms with Gasteiger partial charge in [-0.15, -0.1) is 0 Å². The van der Waals surface area contributed by atoms with Crippen LogP contribution in [0.15, 0.2) is 12.1 Å².